The number of pyridine rings is 1. The molecule has 0 bridgehead atoms. The van der Waals surface area contributed by atoms with Crippen LogP contribution in [-0.2, 0) is 11.2 Å². The van der Waals surface area contributed by atoms with Crippen LogP contribution >= 0.6 is 39.1 Å². The molecular weight excluding hydrogens is 351 g/mol. The average molecular weight is 360 g/mol. The number of halogens is 3. The van der Waals surface area contributed by atoms with Crippen LogP contribution in [0.25, 0.3) is 0 Å². The quantitative estimate of drug-likeness (QED) is 0.828. The molecule has 2 aromatic rings. The first-order valence-electron chi connectivity index (χ1n) is 5.40. The minimum Gasteiger partial charge on any atom is -0.324 e. The van der Waals surface area contributed by atoms with Crippen LogP contribution in [0.4, 0.5) is 5.69 Å². The summed E-state index contributed by atoms with van der Waals surface area (Å²) in [7, 11) is 0. The molecule has 0 aliphatic heterocycles. The number of anilines is 1. The van der Waals surface area contributed by atoms with Crippen LogP contribution in [0, 0.1) is 0 Å². The van der Waals surface area contributed by atoms with Crippen LogP contribution in [-0.4, -0.2) is 10.9 Å². The molecule has 0 saturated carbocycles. The van der Waals surface area contributed by atoms with Crippen LogP contribution < -0.4 is 5.32 Å². The van der Waals surface area contributed by atoms with Crippen molar-refractivity contribution in [3.63, 3.8) is 0 Å². The molecule has 0 spiro atoms. The summed E-state index contributed by atoms with van der Waals surface area (Å²) < 4.78 is 0.718. The number of amides is 1. The van der Waals surface area contributed by atoms with Gasteiger partial charge in [0, 0.05) is 0 Å². The topological polar surface area (TPSA) is 42.0 Å². The summed E-state index contributed by atoms with van der Waals surface area (Å²) in [5.74, 6) is -0.137. The fourth-order valence-corrected chi connectivity index (χ4v) is 2.05. The third kappa shape index (κ3) is 4.20. The predicted octanol–water partition coefficient (Wildman–Crippen LogP) is 4.33. The van der Waals surface area contributed by atoms with Gasteiger partial charge in [-0.2, -0.15) is 0 Å². The molecule has 98 valence electrons. The van der Waals surface area contributed by atoms with E-state index in [-0.39, 0.29) is 12.3 Å². The highest BCUT2D eigenvalue weighted by Crippen LogP contribution is 2.23. The summed E-state index contributed by atoms with van der Waals surface area (Å²) in [6.45, 7) is 0. The van der Waals surface area contributed by atoms with Crippen molar-refractivity contribution in [2.75, 3.05) is 5.32 Å². The van der Waals surface area contributed by atoms with Crippen LogP contribution in [0.2, 0.25) is 10.0 Å². The van der Waals surface area contributed by atoms with E-state index in [4.69, 9.17) is 23.2 Å². The summed E-state index contributed by atoms with van der Waals surface area (Å²) in [6.07, 6.45) is 1.81. The zero-order valence-electron chi connectivity index (χ0n) is 9.66. The van der Waals surface area contributed by atoms with Gasteiger partial charge in [0.05, 0.1) is 28.4 Å². The van der Waals surface area contributed by atoms with Gasteiger partial charge in [-0.15, -0.1) is 0 Å². The van der Waals surface area contributed by atoms with Crippen LogP contribution in [0.3, 0.4) is 0 Å². The van der Waals surface area contributed by atoms with Crippen molar-refractivity contribution in [3.8, 4) is 0 Å². The molecule has 1 aromatic carbocycles. The Balaban J connectivity index is 2.01. The number of rotatable bonds is 3. The maximum absolute atomic E-state index is 11.8. The van der Waals surface area contributed by atoms with Crippen molar-refractivity contribution in [1.29, 1.82) is 0 Å². The maximum atomic E-state index is 11.8. The molecule has 0 radical (unpaired) electrons. The largest absolute Gasteiger partial charge is 0.324 e. The van der Waals surface area contributed by atoms with Gasteiger partial charge in [0.2, 0.25) is 5.91 Å². The van der Waals surface area contributed by atoms with Crippen LogP contribution in [0.1, 0.15) is 5.56 Å². The van der Waals surface area contributed by atoms with E-state index in [1.54, 1.807) is 36.5 Å². The van der Waals surface area contributed by atoms with E-state index in [1.807, 2.05) is 0 Å². The Bertz CT molecular complexity index is 602. The maximum Gasteiger partial charge on any atom is 0.228 e. The zero-order chi connectivity index (χ0) is 13.8. The van der Waals surface area contributed by atoms with Crippen molar-refractivity contribution in [3.05, 3.63) is 56.7 Å². The second-order valence-corrected chi connectivity index (χ2v) is 5.47. The number of carbonyl (C=O) groups excluding carboxylic acids is 1. The Morgan fingerprint density at radius 1 is 1.21 bits per heavy atom. The van der Waals surface area contributed by atoms with Crippen LogP contribution in [0.15, 0.2) is 41.1 Å². The molecule has 1 amide bonds. The van der Waals surface area contributed by atoms with Gasteiger partial charge in [0.15, 0.2) is 0 Å². The minimum absolute atomic E-state index is 0.137. The number of hydrogen-bond acceptors (Lipinski definition) is 2. The Kier molecular flexibility index (Phi) is 4.80. The van der Waals surface area contributed by atoms with Gasteiger partial charge < -0.3 is 5.32 Å². The van der Waals surface area contributed by atoms with Crippen molar-refractivity contribution >= 4 is 50.7 Å². The lowest BCUT2D eigenvalue weighted by molar-refractivity contribution is -0.115. The third-order valence-electron chi connectivity index (χ3n) is 2.36. The lowest BCUT2D eigenvalue weighted by Crippen LogP contribution is -2.14. The normalized spacial score (nSPS) is 10.3. The highest BCUT2D eigenvalue weighted by molar-refractivity contribution is 9.10. The standard InChI is InChI=1S/C13H9BrCl2N2O/c14-12-4-2-9(7-17-12)18-13(19)6-8-1-3-10(15)11(16)5-8/h1-5,7H,6H2,(H,18,19). The first-order chi connectivity index (χ1) is 9.04. The average Bonchev–Trinajstić information content (AvgIpc) is 2.37. The molecule has 3 nitrogen and oxygen atoms in total. The minimum atomic E-state index is -0.137. The van der Waals surface area contributed by atoms with Gasteiger partial charge in [0.1, 0.15) is 4.60 Å². The lowest BCUT2D eigenvalue weighted by Gasteiger charge is -2.06. The molecule has 0 aliphatic carbocycles. The van der Waals surface area contributed by atoms with E-state index in [2.05, 4.69) is 26.2 Å². The number of benzene rings is 1. The molecule has 2 rings (SSSR count). The first kappa shape index (κ1) is 14.3. The molecular formula is C13H9BrCl2N2O. The monoisotopic (exact) mass is 358 g/mol. The van der Waals surface area contributed by atoms with Gasteiger partial charge in [-0.25, -0.2) is 4.98 Å². The molecule has 19 heavy (non-hydrogen) atoms. The van der Waals surface area contributed by atoms with E-state index in [0.29, 0.717) is 15.7 Å². The highest BCUT2D eigenvalue weighted by atomic mass is 79.9. The molecule has 0 unspecified atom stereocenters. The smallest absolute Gasteiger partial charge is 0.228 e. The van der Waals surface area contributed by atoms with Gasteiger partial charge >= 0.3 is 0 Å². The second kappa shape index (κ2) is 6.37. The summed E-state index contributed by atoms with van der Waals surface area (Å²) in [5.41, 5.74) is 1.45. The Labute approximate surface area is 129 Å². The number of hydrogen-bond donors (Lipinski definition) is 1. The summed E-state index contributed by atoms with van der Waals surface area (Å²) in [4.78, 5) is 15.9. The number of nitrogens with one attached hydrogen (secondary N) is 1. The number of nitrogens with zero attached hydrogens (tertiary/aromatic N) is 1. The van der Waals surface area contributed by atoms with Gasteiger partial charge in [0.25, 0.3) is 0 Å². The molecule has 1 aromatic heterocycles. The van der Waals surface area contributed by atoms with Crippen molar-refractivity contribution in [1.82, 2.24) is 4.98 Å². The van der Waals surface area contributed by atoms with E-state index in [9.17, 15) is 4.79 Å². The van der Waals surface area contributed by atoms with E-state index in [1.165, 1.54) is 0 Å². The molecule has 0 fully saturated rings. The summed E-state index contributed by atoms with van der Waals surface area (Å²) >= 11 is 14.9. The highest BCUT2D eigenvalue weighted by Gasteiger charge is 2.06. The molecule has 0 atom stereocenters. The first-order valence-corrected chi connectivity index (χ1v) is 6.95. The zero-order valence-corrected chi connectivity index (χ0v) is 12.8. The van der Waals surface area contributed by atoms with Crippen molar-refractivity contribution in [2.24, 2.45) is 0 Å². The van der Waals surface area contributed by atoms with Crippen LogP contribution in [0.5, 0.6) is 0 Å². The fraction of sp³-hybridized carbons (Fsp3) is 0.0769. The fourth-order valence-electron chi connectivity index (χ4n) is 1.49. The van der Waals surface area contributed by atoms with E-state index >= 15 is 0 Å². The van der Waals surface area contributed by atoms with Crippen molar-refractivity contribution in [2.45, 2.75) is 6.42 Å². The second-order valence-electron chi connectivity index (χ2n) is 3.84. The Morgan fingerprint density at radius 3 is 2.63 bits per heavy atom. The van der Waals surface area contributed by atoms with E-state index < -0.39 is 0 Å². The Hall–Kier alpha value is -1.10. The molecule has 1 heterocycles. The number of carbonyl (C=O) groups is 1. The molecule has 0 aliphatic rings. The number of aromatic nitrogens is 1. The summed E-state index contributed by atoms with van der Waals surface area (Å²) in [5, 5.41) is 3.67. The SMILES string of the molecule is O=C(Cc1ccc(Cl)c(Cl)c1)Nc1ccc(Br)nc1. The summed E-state index contributed by atoms with van der Waals surface area (Å²) in [6, 6.07) is 8.66. The van der Waals surface area contributed by atoms with E-state index in [0.717, 1.165) is 10.2 Å². The predicted molar refractivity (Wildman–Crippen MR) is 80.7 cm³/mol. The molecule has 6 heteroatoms. The lowest BCUT2D eigenvalue weighted by atomic mass is 10.1. The van der Waals surface area contributed by atoms with Gasteiger partial charge in [-0.1, -0.05) is 29.3 Å². The third-order valence-corrected chi connectivity index (χ3v) is 3.57. The Morgan fingerprint density at radius 2 is 2.00 bits per heavy atom. The van der Waals surface area contributed by atoms with Crippen molar-refractivity contribution < 1.29 is 4.79 Å². The van der Waals surface area contributed by atoms with Gasteiger partial charge in [-0.05, 0) is 45.8 Å². The van der Waals surface area contributed by atoms with Gasteiger partial charge in [-0.3, -0.25) is 4.79 Å². The molecule has 0 saturated heterocycles. The molecule has 1 N–H and O–H groups in total.